The van der Waals surface area contributed by atoms with E-state index in [-0.39, 0.29) is 5.95 Å². The topological polar surface area (TPSA) is 153 Å². The Kier molecular flexibility index (Phi) is 4.95. The van der Waals surface area contributed by atoms with Crippen LogP contribution in [-0.4, -0.2) is 19.9 Å². The number of aromatic nitrogens is 4. The highest BCUT2D eigenvalue weighted by atomic mass is 15.1. The van der Waals surface area contributed by atoms with Gasteiger partial charge in [0.2, 0.25) is 5.95 Å². The van der Waals surface area contributed by atoms with Crippen molar-refractivity contribution >= 4 is 11.6 Å². The molecule has 0 atom stereocenters. The maximum absolute atomic E-state index is 9.05. The maximum atomic E-state index is 9.05. The minimum absolute atomic E-state index is 0.0560. The number of nitrogens with one attached hydrogen (secondary N) is 3. The first kappa shape index (κ1) is 16.8. The molecule has 2 heterocycles. The molecule has 5 N–H and O–H groups in total. The van der Waals surface area contributed by atoms with Gasteiger partial charge in [-0.05, 0) is 18.2 Å². The van der Waals surface area contributed by atoms with E-state index >= 15 is 0 Å². The number of nitriles is 1. The van der Waals surface area contributed by atoms with Crippen molar-refractivity contribution in [1.82, 2.24) is 25.3 Å². The Hall–Kier alpha value is -4.06. The summed E-state index contributed by atoms with van der Waals surface area (Å²) in [6.07, 6.45) is 4.94. The van der Waals surface area contributed by atoms with Crippen LogP contribution in [0.5, 0.6) is 0 Å². The summed E-state index contributed by atoms with van der Waals surface area (Å²) in [6, 6.07) is 10.8. The third-order valence-corrected chi connectivity index (χ3v) is 3.48. The van der Waals surface area contributed by atoms with E-state index in [2.05, 4.69) is 36.4 Å². The van der Waals surface area contributed by atoms with Crippen molar-refractivity contribution in [3.05, 3.63) is 66.0 Å². The lowest BCUT2D eigenvalue weighted by atomic mass is 10.1. The van der Waals surface area contributed by atoms with E-state index in [1.165, 1.54) is 0 Å². The second-order valence-corrected chi connectivity index (χ2v) is 5.25. The molecule has 0 amide bonds. The molecular formula is C17H15N9. The summed E-state index contributed by atoms with van der Waals surface area (Å²) in [5.74, 6) is 0.808. The van der Waals surface area contributed by atoms with Crippen LogP contribution in [0.15, 0.2) is 54.0 Å². The van der Waals surface area contributed by atoms with Crippen LogP contribution >= 0.6 is 0 Å². The molecule has 0 bridgehead atoms. The summed E-state index contributed by atoms with van der Waals surface area (Å²) in [4.78, 5) is 15.4. The van der Waals surface area contributed by atoms with E-state index in [1.807, 2.05) is 6.07 Å². The van der Waals surface area contributed by atoms with Gasteiger partial charge in [0.15, 0.2) is 0 Å². The van der Waals surface area contributed by atoms with Crippen molar-refractivity contribution in [3.8, 4) is 17.3 Å². The van der Waals surface area contributed by atoms with E-state index in [0.29, 0.717) is 29.2 Å². The number of H-pyrrole nitrogens is 1. The normalized spacial score (nSPS) is 11.0. The van der Waals surface area contributed by atoms with Gasteiger partial charge in [-0.3, -0.25) is 0 Å². The number of imidazole rings is 1. The molecule has 0 spiro atoms. The van der Waals surface area contributed by atoms with Gasteiger partial charge in [0, 0.05) is 24.2 Å². The molecule has 3 rings (SSSR count). The smallest absolute Gasteiger partial charge is 0.221 e. The summed E-state index contributed by atoms with van der Waals surface area (Å²) in [7, 11) is 0. The Balaban J connectivity index is 1.89. The van der Waals surface area contributed by atoms with Crippen molar-refractivity contribution in [3.63, 3.8) is 0 Å². The minimum atomic E-state index is 0.0560. The molecule has 0 fully saturated rings. The number of nitrogens with two attached hydrogens (primary N) is 1. The SMILES string of the molecule is N#Cc1cccc(-c2cc(/C(=C/NCc3ncc[nH]3)N=N)nc(N)n2)c1. The van der Waals surface area contributed by atoms with Gasteiger partial charge < -0.3 is 16.0 Å². The van der Waals surface area contributed by atoms with E-state index in [9.17, 15) is 0 Å². The summed E-state index contributed by atoms with van der Waals surface area (Å²) < 4.78 is 0. The Morgan fingerprint density at radius 3 is 3.00 bits per heavy atom. The molecule has 0 unspecified atom stereocenters. The van der Waals surface area contributed by atoms with Gasteiger partial charge in [-0.1, -0.05) is 12.1 Å². The number of rotatable bonds is 6. The number of hydrogen-bond acceptors (Lipinski definition) is 8. The molecule has 0 saturated heterocycles. The van der Waals surface area contributed by atoms with Crippen LogP contribution in [0.2, 0.25) is 0 Å². The average molecular weight is 345 g/mol. The molecule has 3 aromatic rings. The van der Waals surface area contributed by atoms with E-state index < -0.39 is 0 Å². The molecule has 9 nitrogen and oxygen atoms in total. The van der Waals surface area contributed by atoms with E-state index in [0.717, 1.165) is 11.4 Å². The second-order valence-electron chi connectivity index (χ2n) is 5.25. The molecule has 1 aromatic carbocycles. The fraction of sp³-hybridized carbons (Fsp3) is 0.0588. The van der Waals surface area contributed by atoms with Crippen molar-refractivity contribution in [2.45, 2.75) is 6.54 Å². The Labute approximate surface area is 149 Å². The first-order chi connectivity index (χ1) is 12.7. The third kappa shape index (κ3) is 3.88. The number of hydrogen-bond donors (Lipinski definition) is 4. The highest BCUT2D eigenvalue weighted by Crippen LogP contribution is 2.23. The number of anilines is 1. The van der Waals surface area contributed by atoms with Gasteiger partial charge in [0.1, 0.15) is 11.5 Å². The fourth-order valence-corrected chi connectivity index (χ4v) is 2.30. The van der Waals surface area contributed by atoms with Gasteiger partial charge in [0.05, 0.1) is 29.6 Å². The van der Waals surface area contributed by atoms with Crippen LogP contribution in [0.1, 0.15) is 17.1 Å². The van der Waals surface area contributed by atoms with Crippen molar-refractivity contribution in [1.29, 1.82) is 10.8 Å². The van der Waals surface area contributed by atoms with Crippen LogP contribution in [0.3, 0.4) is 0 Å². The number of aromatic amines is 1. The van der Waals surface area contributed by atoms with Crippen LogP contribution < -0.4 is 11.1 Å². The van der Waals surface area contributed by atoms with Gasteiger partial charge in [-0.15, -0.1) is 0 Å². The lowest BCUT2D eigenvalue weighted by Crippen LogP contribution is -2.08. The molecule has 0 saturated carbocycles. The predicted octanol–water partition coefficient (Wildman–Crippen LogP) is 2.44. The Bertz CT molecular complexity index is 984. The lowest BCUT2D eigenvalue weighted by Gasteiger charge is -2.07. The number of benzene rings is 1. The first-order valence-corrected chi connectivity index (χ1v) is 7.64. The van der Waals surface area contributed by atoms with Gasteiger partial charge in [0.25, 0.3) is 0 Å². The molecule has 0 aliphatic heterocycles. The summed E-state index contributed by atoms with van der Waals surface area (Å²) >= 11 is 0. The van der Waals surface area contributed by atoms with Crippen LogP contribution in [0.4, 0.5) is 5.95 Å². The van der Waals surface area contributed by atoms with Crippen LogP contribution in [0.25, 0.3) is 17.0 Å². The minimum Gasteiger partial charge on any atom is -0.382 e. The van der Waals surface area contributed by atoms with Gasteiger partial charge in [-0.25, -0.2) is 20.5 Å². The molecule has 128 valence electrons. The summed E-state index contributed by atoms with van der Waals surface area (Å²) in [5, 5.41) is 15.6. The fourth-order valence-electron chi connectivity index (χ4n) is 2.30. The second kappa shape index (κ2) is 7.67. The molecule has 0 aliphatic rings. The molecule has 0 aliphatic carbocycles. The highest BCUT2D eigenvalue weighted by Gasteiger charge is 2.09. The molecule has 9 heteroatoms. The monoisotopic (exact) mass is 345 g/mol. The average Bonchev–Trinajstić information content (AvgIpc) is 3.18. The van der Waals surface area contributed by atoms with E-state index in [4.69, 9.17) is 16.5 Å². The van der Waals surface area contributed by atoms with Crippen molar-refractivity contribution < 1.29 is 0 Å². The van der Waals surface area contributed by atoms with Crippen molar-refractivity contribution in [2.24, 2.45) is 5.11 Å². The summed E-state index contributed by atoms with van der Waals surface area (Å²) in [5.41, 5.74) is 15.7. The standard InChI is InChI=1S/C17H15N9/c18-8-11-2-1-3-12(6-11)13-7-14(25-17(19)24-13)15(26-20)9-21-10-16-22-4-5-23-16/h1-7,9,20-21H,10H2,(H,22,23)(H2,19,24,25)/b15-9-,26-20?. The maximum Gasteiger partial charge on any atom is 0.221 e. The molecule has 26 heavy (non-hydrogen) atoms. The Morgan fingerprint density at radius 2 is 2.27 bits per heavy atom. The van der Waals surface area contributed by atoms with Gasteiger partial charge >= 0.3 is 0 Å². The highest BCUT2D eigenvalue weighted by molar-refractivity contribution is 5.69. The lowest BCUT2D eigenvalue weighted by molar-refractivity contribution is 0.811. The zero-order valence-electron chi connectivity index (χ0n) is 13.6. The van der Waals surface area contributed by atoms with E-state index in [1.54, 1.807) is 42.9 Å². The third-order valence-electron chi connectivity index (χ3n) is 3.48. The van der Waals surface area contributed by atoms with Crippen molar-refractivity contribution in [2.75, 3.05) is 5.73 Å². The number of nitrogen functional groups attached to an aromatic ring is 1. The summed E-state index contributed by atoms with van der Waals surface area (Å²) in [6.45, 7) is 0.448. The quantitative estimate of drug-likeness (QED) is 0.503. The predicted molar refractivity (Wildman–Crippen MR) is 95.1 cm³/mol. The first-order valence-electron chi connectivity index (χ1n) is 7.64. The molecule has 2 aromatic heterocycles. The number of nitrogens with zero attached hydrogens (tertiary/aromatic N) is 5. The zero-order chi connectivity index (χ0) is 18.4. The Morgan fingerprint density at radius 1 is 1.38 bits per heavy atom. The largest absolute Gasteiger partial charge is 0.382 e. The molecule has 0 radical (unpaired) electrons. The van der Waals surface area contributed by atoms with Gasteiger partial charge in [-0.2, -0.15) is 10.4 Å². The van der Waals surface area contributed by atoms with Crippen LogP contribution in [-0.2, 0) is 6.54 Å². The zero-order valence-corrected chi connectivity index (χ0v) is 13.6. The molecular weight excluding hydrogens is 330 g/mol. The van der Waals surface area contributed by atoms with Crippen LogP contribution in [0, 0.1) is 16.9 Å².